The van der Waals surface area contributed by atoms with Crippen molar-refractivity contribution in [1.82, 2.24) is 5.01 Å². The van der Waals surface area contributed by atoms with Gasteiger partial charge in [0, 0.05) is 18.3 Å². The number of nitrogens with one attached hydrogen (secondary N) is 1. The summed E-state index contributed by atoms with van der Waals surface area (Å²) in [7, 11) is 0. The standard InChI is InChI=1S/C23H21F3N2/c24-23(25,26)20-10-12-21(13-11-20)27-28-16-19-9-5-4-8-18(19)15-22(28)14-17-6-2-1-3-7-17/h1-13,22,27H,14-16H2. The van der Waals surface area contributed by atoms with Crippen molar-refractivity contribution < 1.29 is 13.2 Å². The number of benzene rings is 3. The van der Waals surface area contributed by atoms with Crippen LogP contribution in [0.15, 0.2) is 78.9 Å². The summed E-state index contributed by atoms with van der Waals surface area (Å²) >= 11 is 0. The maximum Gasteiger partial charge on any atom is 0.416 e. The maximum atomic E-state index is 12.8. The molecule has 144 valence electrons. The third-order valence-electron chi connectivity index (χ3n) is 5.15. The van der Waals surface area contributed by atoms with Crippen LogP contribution in [-0.4, -0.2) is 11.1 Å². The second kappa shape index (κ2) is 7.68. The molecule has 1 N–H and O–H groups in total. The first-order valence-corrected chi connectivity index (χ1v) is 9.30. The molecular formula is C23H21F3N2. The largest absolute Gasteiger partial charge is 0.416 e. The van der Waals surface area contributed by atoms with Crippen molar-refractivity contribution in [3.8, 4) is 0 Å². The lowest BCUT2D eigenvalue weighted by Gasteiger charge is -2.37. The fourth-order valence-electron chi connectivity index (χ4n) is 3.69. The van der Waals surface area contributed by atoms with Gasteiger partial charge in [0.2, 0.25) is 0 Å². The van der Waals surface area contributed by atoms with Crippen molar-refractivity contribution in [1.29, 1.82) is 0 Å². The maximum absolute atomic E-state index is 12.8. The number of anilines is 1. The van der Waals surface area contributed by atoms with Crippen LogP contribution in [0.1, 0.15) is 22.3 Å². The van der Waals surface area contributed by atoms with E-state index in [1.807, 2.05) is 24.3 Å². The molecular weight excluding hydrogens is 361 g/mol. The van der Waals surface area contributed by atoms with Gasteiger partial charge in [0.25, 0.3) is 0 Å². The topological polar surface area (TPSA) is 15.3 Å². The van der Waals surface area contributed by atoms with E-state index >= 15 is 0 Å². The fraction of sp³-hybridized carbons (Fsp3) is 0.217. The van der Waals surface area contributed by atoms with Crippen LogP contribution in [-0.2, 0) is 25.6 Å². The van der Waals surface area contributed by atoms with E-state index in [0.29, 0.717) is 12.2 Å². The molecule has 1 unspecified atom stereocenters. The summed E-state index contributed by atoms with van der Waals surface area (Å²) in [5.41, 5.74) is 7.17. The molecule has 4 rings (SSSR count). The van der Waals surface area contributed by atoms with E-state index < -0.39 is 11.7 Å². The molecule has 5 heteroatoms. The molecule has 1 aliphatic heterocycles. The van der Waals surface area contributed by atoms with Crippen molar-refractivity contribution in [2.24, 2.45) is 0 Å². The van der Waals surface area contributed by atoms with Crippen LogP contribution >= 0.6 is 0 Å². The molecule has 0 aromatic heterocycles. The van der Waals surface area contributed by atoms with Crippen molar-refractivity contribution >= 4 is 5.69 Å². The van der Waals surface area contributed by atoms with Crippen molar-refractivity contribution in [3.63, 3.8) is 0 Å². The Kier molecular flexibility index (Phi) is 5.09. The summed E-state index contributed by atoms with van der Waals surface area (Å²) in [6.45, 7) is 0.703. The van der Waals surface area contributed by atoms with Crippen molar-refractivity contribution in [3.05, 3.63) is 101 Å². The Morgan fingerprint density at radius 1 is 0.821 bits per heavy atom. The molecule has 28 heavy (non-hydrogen) atoms. The van der Waals surface area contributed by atoms with E-state index in [4.69, 9.17) is 0 Å². The monoisotopic (exact) mass is 382 g/mol. The second-order valence-corrected chi connectivity index (χ2v) is 7.13. The molecule has 0 fully saturated rings. The van der Waals surface area contributed by atoms with Crippen LogP contribution in [0.5, 0.6) is 0 Å². The normalized spacial score (nSPS) is 17.2. The summed E-state index contributed by atoms with van der Waals surface area (Å²) in [5, 5.41) is 2.14. The summed E-state index contributed by atoms with van der Waals surface area (Å²) in [6, 6.07) is 24.0. The van der Waals surface area contributed by atoms with E-state index in [-0.39, 0.29) is 6.04 Å². The van der Waals surface area contributed by atoms with Crippen molar-refractivity contribution in [2.45, 2.75) is 31.6 Å². The van der Waals surface area contributed by atoms with Gasteiger partial charge in [0.1, 0.15) is 0 Å². The van der Waals surface area contributed by atoms with Gasteiger partial charge in [-0.3, -0.25) is 0 Å². The fourth-order valence-corrected chi connectivity index (χ4v) is 3.69. The van der Waals surface area contributed by atoms with Crippen molar-refractivity contribution in [2.75, 3.05) is 5.43 Å². The molecule has 0 radical (unpaired) electrons. The molecule has 0 spiro atoms. The SMILES string of the molecule is FC(F)(F)c1ccc(NN2Cc3ccccc3CC2Cc2ccccc2)cc1. The van der Waals surface area contributed by atoms with Crippen LogP contribution in [0.4, 0.5) is 18.9 Å². The van der Waals surface area contributed by atoms with Gasteiger partial charge in [0.05, 0.1) is 5.56 Å². The number of rotatable bonds is 4. The van der Waals surface area contributed by atoms with Crippen LogP contribution < -0.4 is 5.43 Å². The van der Waals surface area contributed by atoms with Crippen LogP contribution in [0.25, 0.3) is 0 Å². The van der Waals surface area contributed by atoms with Crippen LogP contribution in [0, 0.1) is 0 Å². The Balaban J connectivity index is 1.57. The van der Waals surface area contributed by atoms with E-state index in [9.17, 15) is 13.2 Å². The Morgan fingerprint density at radius 3 is 2.14 bits per heavy atom. The van der Waals surface area contributed by atoms with Gasteiger partial charge < -0.3 is 5.43 Å². The van der Waals surface area contributed by atoms with Gasteiger partial charge in [-0.2, -0.15) is 13.2 Å². The number of alkyl halides is 3. The Morgan fingerprint density at radius 2 is 1.46 bits per heavy atom. The molecule has 0 saturated heterocycles. The summed E-state index contributed by atoms with van der Waals surface area (Å²) in [6.07, 6.45) is -2.57. The lowest BCUT2D eigenvalue weighted by molar-refractivity contribution is -0.137. The van der Waals surface area contributed by atoms with E-state index in [2.05, 4.69) is 40.8 Å². The molecule has 3 aromatic rings. The quantitative estimate of drug-likeness (QED) is 0.622. The van der Waals surface area contributed by atoms with Gasteiger partial charge >= 0.3 is 6.18 Å². The number of hydrogen-bond donors (Lipinski definition) is 1. The number of hydrazine groups is 1. The molecule has 0 bridgehead atoms. The summed E-state index contributed by atoms with van der Waals surface area (Å²) in [4.78, 5) is 0. The lowest BCUT2D eigenvalue weighted by atomic mass is 9.91. The Hall–Kier alpha value is -2.79. The minimum Gasteiger partial charge on any atom is -0.318 e. The van der Waals surface area contributed by atoms with Gasteiger partial charge in [-0.1, -0.05) is 54.6 Å². The highest BCUT2D eigenvalue weighted by atomic mass is 19.4. The van der Waals surface area contributed by atoms with E-state index in [1.165, 1.54) is 28.8 Å². The zero-order valence-corrected chi connectivity index (χ0v) is 15.3. The molecule has 1 aliphatic rings. The highest BCUT2D eigenvalue weighted by molar-refractivity contribution is 5.45. The third kappa shape index (κ3) is 4.20. The minimum absolute atomic E-state index is 0.208. The van der Waals surface area contributed by atoms with Gasteiger partial charge in [-0.15, -0.1) is 0 Å². The third-order valence-corrected chi connectivity index (χ3v) is 5.15. The lowest BCUT2D eigenvalue weighted by Crippen LogP contribution is -2.45. The zero-order chi connectivity index (χ0) is 19.6. The predicted octanol–water partition coefficient (Wildman–Crippen LogP) is 5.70. The van der Waals surface area contributed by atoms with E-state index in [0.717, 1.165) is 25.0 Å². The Bertz CT molecular complexity index is 921. The number of halogens is 3. The predicted molar refractivity (Wildman–Crippen MR) is 105 cm³/mol. The molecule has 0 amide bonds. The second-order valence-electron chi connectivity index (χ2n) is 7.13. The highest BCUT2D eigenvalue weighted by Crippen LogP contribution is 2.31. The summed E-state index contributed by atoms with van der Waals surface area (Å²) < 4.78 is 38.5. The summed E-state index contributed by atoms with van der Waals surface area (Å²) in [5.74, 6) is 0. The number of nitrogens with zero attached hydrogens (tertiary/aromatic N) is 1. The van der Waals surface area contributed by atoms with Gasteiger partial charge in [-0.25, -0.2) is 5.01 Å². The van der Waals surface area contributed by atoms with E-state index in [1.54, 1.807) is 0 Å². The molecule has 2 nitrogen and oxygen atoms in total. The zero-order valence-electron chi connectivity index (χ0n) is 15.3. The number of hydrogen-bond acceptors (Lipinski definition) is 2. The first-order chi connectivity index (χ1) is 13.5. The first kappa shape index (κ1) is 18.6. The first-order valence-electron chi connectivity index (χ1n) is 9.30. The average Bonchev–Trinajstić information content (AvgIpc) is 2.69. The Labute approximate surface area is 162 Å². The molecule has 1 heterocycles. The highest BCUT2D eigenvalue weighted by Gasteiger charge is 2.30. The van der Waals surface area contributed by atoms with Crippen LogP contribution in [0.2, 0.25) is 0 Å². The molecule has 1 atom stereocenters. The van der Waals surface area contributed by atoms with Gasteiger partial charge in [-0.05, 0) is 53.8 Å². The minimum atomic E-state index is -4.32. The molecule has 3 aromatic carbocycles. The molecule has 0 saturated carbocycles. The van der Waals surface area contributed by atoms with Gasteiger partial charge in [0.15, 0.2) is 0 Å². The smallest absolute Gasteiger partial charge is 0.318 e. The average molecular weight is 382 g/mol. The molecule has 0 aliphatic carbocycles. The number of fused-ring (bicyclic) bond motifs is 1. The van der Waals surface area contributed by atoms with Crippen LogP contribution in [0.3, 0.4) is 0 Å².